The molecule has 0 amide bonds. The number of terminal acetylenes is 2. The smallest absolute Gasteiger partial charge is 0.193 e. The molecule has 1 aromatic carbocycles. The van der Waals surface area contributed by atoms with E-state index in [1.807, 2.05) is 0 Å². The first-order valence-electron chi connectivity index (χ1n) is 5.45. The third-order valence-corrected chi connectivity index (χ3v) is 3.22. The van der Waals surface area contributed by atoms with E-state index in [4.69, 9.17) is 12.8 Å². The summed E-state index contributed by atoms with van der Waals surface area (Å²) in [6.07, 6.45) is 10.6. The van der Waals surface area contributed by atoms with Crippen molar-refractivity contribution in [3.05, 3.63) is 30.1 Å². The van der Waals surface area contributed by atoms with Crippen LogP contribution in [-0.4, -0.2) is 20.5 Å². The highest BCUT2D eigenvalue weighted by atomic mass is 32.2. The highest BCUT2D eigenvalue weighted by Crippen LogP contribution is 2.23. The van der Waals surface area contributed by atoms with Crippen LogP contribution in [0.4, 0.5) is 4.39 Å². The van der Waals surface area contributed by atoms with E-state index in [1.54, 1.807) is 16.7 Å². The second-order valence-corrected chi connectivity index (χ2v) is 4.54. The van der Waals surface area contributed by atoms with Gasteiger partial charge in [0.05, 0.1) is 12.3 Å². The summed E-state index contributed by atoms with van der Waals surface area (Å²) in [6.45, 7) is 0.340. The van der Waals surface area contributed by atoms with E-state index in [1.165, 1.54) is 23.9 Å². The highest BCUT2D eigenvalue weighted by molar-refractivity contribution is 7.99. The van der Waals surface area contributed by atoms with Gasteiger partial charge >= 0.3 is 0 Å². The molecule has 94 valence electrons. The lowest BCUT2D eigenvalue weighted by Gasteiger charge is -2.05. The van der Waals surface area contributed by atoms with Crippen LogP contribution in [0.15, 0.2) is 29.4 Å². The van der Waals surface area contributed by atoms with Crippen LogP contribution in [0.25, 0.3) is 11.4 Å². The quantitative estimate of drug-likeness (QED) is 0.632. The number of hydrogen-bond acceptors (Lipinski definition) is 3. The van der Waals surface area contributed by atoms with Crippen LogP contribution in [0.2, 0.25) is 0 Å². The molecule has 2 aromatic rings. The third kappa shape index (κ3) is 2.96. The van der Waals surface area contributed by atoms with Crippen molar-refractivity contribution >= 4 is 11.8 Å². The van der Waals surface area contributed by atoms with Gasteiger partial charge in [-0.1, -0.05) is 23.6 Å². The zero-order chi connectivity index (χ0) is 13.7. The number of benzene rings is 1. The Labute approximate surface area is 115 Å². The average molecular weight is 271 g/mol. The third-order valence-electron chi connectivity index (χ3n) is 2.35. The lowest BCUT2D eigenvalue weighted by molar-refractivity contribution is 0.628. The molecule has 3 nitrogen and oxygen atoms in total. The fourth-order valence-corrected chi connectivity index (χ4v) is 2.17. The Kier molecular flexibility index (Phi) is 4.22. The lowest BCUT2D eigenvalue weighted by Crippen LogP contribution is -2.01. The van der Waals surface area contributed by atoms with Crippen LogP contribution in [0.1, 0.15) is 0 Å². The van der Waals surface area contributed by atoms with Gasteiger partial charge in [0.1, 0.15) is 5.82 Å². The van der Waals surface area contributed by atoms with Gasteiger partial charge in [0, 0.05) is 5.56 Å². The molecule has 0 saturated carbocycles. The van der Waals surface area contributed by atoms with Crippen molar-refractivity contribution in [1.29, 1.82) is 0 Å². The van der Waals surface area contributed by atoms with Crippen LogP contribution < -0.4 is 0 Å². The molecule has 0 N–H and O–H groups in total. The predicted octanol–water partition coefficient (Wildman–Crippen LogP) is 2.44. The topological polar surface area (TPSA) is 30.7 Å². The summed E-state index contributed by atoms with van der Waals surface area (Å²) >= 11 is 1.39. The highest BCUT2D eigenvalue weighted by Gasteiger charge is 2.13. The monoisotopic (exact) mass is 271 g/mol. The molecule has 0 unspecified atom stereocenters. The SMILES string of the molecule is C#CCSc1nnc(-c2ccc(F)cc2)n1CC#C. The zero-order valence-electron chi connectivity index (χ0n) is 10.0. The maximum absolute atomic E-state index is 12.9. The van der Waals surface area contributed by atoms with Crippen molar-refractivity contribution < 1.29 is 4.39 Å². The van der Waals surface area contributed by atoms with Gasteiger partial charge in [-0.3, -0.25) is 4.57 Å². The summed E-state index contributed by atoms with van der Waals surface area (Å²) in [5.74, 6) is 5.88. The molecular weight excluding hydrogens is 261 g/mol. The van der Waals surface area contributed by atoms with E-state index < -0.39 is 0 Å². The molecule has 0 spiro atoms. The predicted molar refractivity (Wildman–Crippen MR) is 73.8 cm³/mol. The van der Waals surface area contributed by atoms with E-state index in [2.05, 4.69) is 22.0 Å². The van der Waals surface area contributed by atoms with E-state index in [0.29, 0.717) is 23.3 Å². The molecule has 0 fully saturated rings. The second kappa shape index (κ2) is 6.08. The van der Waals surface area contributed by atoms with Crippen LogP contribution in [0.3, 0.4) is 0 Å². The minimum absolute atomic E-state index is 0.298. The van der Waals surface area contributed by atoms with Crippen molar-refractivity contribution in [2.24, 2.45) is 0 Å². The van der Waals surface area contributed by atoms with Crippen LogP contribution in [0.5, 0.6) is 0 Å². The van der Waals surface area contributed by atoms with Gasteiger partial charge in [-0.25, -0.2) is 4.39 Å². The number of halogens is 1. The van der Waals surface area contributed by atoms with Crippen LogP contribution >= 0.6 is 11.8 Å². The zero-order valence-corrected chi connectivity index (χ0v) is 10.8. The van der Waals surface area contributed by atoms with Gasteiger partial charge in [-0.2, -0.15) is 0 Å². The van der Waals surface area contributed by atoms with Gasteiger partial charge in [0.2, 0.25) is 0 Å². The molecule has 0 aliphatic carbocycles. The summed E-state index contributed by atoms with van der Waals surface area (Å²) in [7, 11) is 0. The van der Waals surface area contributed by atoms with Crippen molar-refractivity contribution in [3.63, 3.8) is 0 Å². The normalized spacial score (nSPS) is 9.84. The molecule has 1 heterocycles. The number of aromatic nitrogens is 3. The Hall–Kier alpha value is -2.24. The van der Waals surface area contributed by atoms with Gasteiger partial charge in [-0.05, 0) is 24.3 Å². The molecule has 0 radical (unpaired) electrons. The van der Waals surface area contributed by atoms with Crippen molar-refractivity contribution in [1.82, 2.24) is 14.8 Å². The molecule has 2 rings (SSSR count). The molecule has 0 aliphatic heterocycles. The van der Waals surface area contributed by atoms with E-state index in [9.17, 15) is 4.39 Å². The first kappa shape index (κ1) is 13.2. The van der Waals surface area contributed by atoms with Gasteiger partial charge in [-0.15, -0.1) is 23.0 Å². The van der Waals surface area contributed by atoms with Crippen molar-refractivity contribution in [2.45, 2.75) is 11.7 Å². The number of thioether (sulfide) groups is 1. The number of rotatable bonds is 4. The molecule has 0 atom stereocenters. The lowest BCUT2D eigenvalue weighted by atomic mass is 10.2. The first-order chi connectivity index (χ1) is 9.26. The van der Waals surface area contributed by atoms with Crippen molar-refractivity contribution in [2.75, 3.05) is 5.75 Å². The summed E-state index contributed by atoms with van der Waals surface area (Å²) < 4.78 is 14.7. The minimum Gasteiger partial charge on any atom is -0.290 e. The van der Waals surface area contributed by atoms with E-state index in [0.717, 1.165) is 5.56 Å². The van der Waals surface area contributed by atoms with Gasteiger partial charge in [0.15, 0.2) is 11.0 Å². The molecule has 0 saturated heterocycles. The maximum Gasteiger partial charge on any atom is 0.193 e. The summed E-state index contributed by atoms with van der Waals surface area (Å²) in [6, 6.07) is 6.03. The number of nitrogens with zero attached hydrogens (tertiary/aromatic N) is 3. The Balaban J connectivity index is 2.40. The average Bonchev–Trinajstić information content (AvgIpc) is 2.81. The maximum atomic E-state index is 12.9. The Morgan fingerprint density at radius 3 is 2.53 bits per heavy atom. The standard InChI is InChI=1S/C14H10FN3S/c1-3-9-18-13(11-5-7-12(15)8-6-11)16-17-14(18)19-10-4-2/h1-2,5-8H,9-10H2. The summed E-state index contributed by atoms with van der Waals surface area (Å²) in [5.41, 5.74) is 0.761. The fraction of sp³-hybridized carbons (Fsp3) is 0.143. The Morgan fingerprint density at radius 1 is 1.16 bits per heavy atom. The molecule has 19 heavy (non-hydrogen) atoms. The fourth-order valence-electron chi connectivity index (χ4n) is 1.55. The van der Waals surface area contributed by atoms with Crippen LogP contribution in [-0.2, 0) is 6.54 Å². The van der Waals surface area contributed by atoms with E-state index in [-0.39, 0.29) is 5.82 Å². The minimum atomic E-state index is -0.298. The van der Waals surface area contributed by atoms with E-state index >= 15 is 0 Å². The Bertz CT molecular complexity index is 647. The van der Waals surface area contributed by atoms with Gasteiger partial charge in [0.25, 0.3) is 0 Å². The second-order valence-electron chi connectivity index (χ2n) is 3.60. The molecule has 1 aromatic heterocycles. The molecule has 0 aliphatic rings. The van der Waals surface area contributed by atoms with Crippen LogP contribution in [0, 0.1) is 30.5 Å². The molecule has 0 bridgehead atoms. The van der Waals surface area contributed by atoms with Crippen molar-refractivity contribution in [3.8, 4) is 36.1 Å². The first-order valence-corrected chi connectivity index (χ1v) is 6.43. The molecular formula is C14H10FN3S. The van der Waals surface area contributed by atoms with Gasteiger partial charge < -0.3 is 0 Å². The number of hydrogen-bond donors (Lipinski definition) is 0. The summed E-state index contributed by atoms with van der Waals surface area (Å²) in [5, 5.41) is 8.82. The largest absolute Gasteiger partial charge is 0.290 e. The Morgan fingerprint density at radius 2 is 1.89 bits per heavy atom. The molecule has 5 heteroatoms. The summed E-state index contributed by atoms with van der Waals surface area (Å²) in [4.78, 5) is 0.